The number of imide groups is 1. The third-order valence-electron chi connectivity index (χ3n) is 12.7. The molecule has 4 aliphatic heterocycles. The number of carbonyl (C=O) groups excluding carboxylic acids is 5. The molecule has 12 nitrogen and oxygen atoms in total. The van der Waals surface area contributed by atoms with Gasteiger partial charge in [-0.2, -0.15) is 0 Å². The van der Waals surface area contributed by atoms with Gasteiger partial charge in [-0.15, -0.1) is 0 Å². The smallest absolute Gasteiger partial charge is 0.255 e. The van der Waals surface area contributed by atoms with Gasteiger partial charge >= 0.3 is 0 Å². The number of amides is 5. The van der Waals surface area contributed by atoms with E-state index in [4.69, 9.17) is 4.74 Å². The third-order valence-corrected chi connectivity index (χ3v) is 12.7. The number of hydrogen-bond acceptors (Lipinski definition) is 8. The molecule has 60 heavy (non-hydrogen) atoms. The lowest BCUT2D eigenvalue weighted by molar-refractivity contribution is -0.137. The highest BCUT2D eigenvalue weighted by Gasteiger charge is 2.40. The molecular formula is C48H60N6O6. The fourth-order valence-electron chi connectivity index (χ4n) is 9.14. The van der Waals surface area contributed by atoms with Crippen LogP contribution in [0.4, 0.5) is 0 Å². The average Bonchev–Trinajstić information content (AvgIpc) is 3.61. The van der Waals surface area contributed by atoms with Crippen LogP contribution < -0.4 is 15.4 Å². The molecular weight excluding hydrogens is 757 g/mol. The predicted molar refractivity (Wildman–Crippen MR) is 230 cm³/mol. The first-order valence-corrected chi connectivity index (χ1v) is 22.2. The van der Waals surface area contributed by atoms with Crippen molar-refractivity contribution in [2.45, 2.75) is 102 Å². The topological polar surface area (TPSA) is 141 Å². The van der Waals surface area contributed by atoms with E-state index in [-0.39, 0.29) is 30.0 Å². The molecule has 0 bridgehead atoms. The Morgan fingerprint density at radius 3 is 2.42 bits per heavy atom. The third kappa shape index (κ3) is 11.5. The molecule has 1 aromatic heterocycles. The van der Waals surface area contributed by atoms with E-state index >= 15 is 0 Å². The van der Waals surface area contributed by atoms with Crippen LogP contribution >= 0.6 is 0 Å². The molecule has 0 saturated carbocycles. The van der Waals surface area contributed by atoms with Crippen molar-refractivity contribution in [1.82, 2.24) is 30.3 Å². The molecule has 3 aromatic rings. The highest BCUT2D eigenvalue weighted by Crippen LogP contribution is 2.34. The quantitative estimate of drug-likeness (QED) is 0.0842. The van der Waals surface area contributed by atoms with Crippen molar-refractivity contribution in [3.8, 4) is 5.75 Å². The van der Waals surface area contributed by atoms with Crippen molar-refractivity contribution >= 4 is 35.6 Å². The number of carbonyl (C=O) groups is 5. The number of fused-ring (bicyclic) bond motifs is 1. The van der Waals surface area contributed by atoms with Gasteiger partial charge in [0.05, 0.1) is 13.2 Å². The van der Waals surface area contributed by atoms with E-state index in [1.54, 1.807) is 35.5 Å². The molecule has 0 radical (unpaired) electrons. The van der Waals surface area contributed by atoms with Crippen LogP contribution in [0.5, 0.6) is 5.75 Å². The number of unbranched alkanes of at least 4 members (excludes halogenated alkanes) is 4. The molecule has 3 saturated heterocycles. The highest BCUT2D eigenvalue weighted by molar-refractivity contribution is 6.05. The Morgan fingerprint density at radius 1 is 0.850 bits per heavy atom. The van der Waals surface area contributed by atoms with Gasteiger partial charge in [0, 0.05) is 61.2 Å². The van der Waals surface area contributed by atoms with Crippen LogP contribution in [0.1, 0.15) is 127 Å². The minimum Gasteiger partial charge on any atom is -0.493 e. The zero-order valence-electron chi connectivity index (χ0n) is 34.8. The molecule has 318 valence electrons. The summed E-state index contributed by atoms with van der Waals surface area (Å²) < 4.78 is 6.14. The predicted octanol–water partition coefficient (Wildman–Crippen LogP) is 6.51. The number of likely N-dealkylation sites (tertiary alicyclic amines) is 2. The summed E-state index contributed by atoms with van der Waals surface area (Å²) in [6.07, 6.45) is 19.1. The first-order chi connectivity index (χ1) is 29.3. The Kier molecular flexibility index (Phi) is 15.1. The summed E-state index contributed by atoms with van der Waals surface area (Å²) in [6.45, 7) is 6.47. The molecule has 5 heterocycles. The normalized spacial score (nSPS) is 19.1. The number of nitrogens with one attached hydrogen (secondary N) is 2. The van der Waals surface area contributed by atoms with E-state index in [9.17, 15) is 24.0 Å². The summed E-state index contributed by atoms with van der Waals surface area (Å²) >= 11 is 0. The summed E-state index contributed by atoms with van der Waals surface area (Å²) in [5.74, 6) is 1.04. The van der Waals surface area contributed by atoms with Gasteiger partial charge in [-0.05, 0) is 130 Å². The lowest BCUT2D eigenvalue weighted by Gasteiger charge is -2.33. The molecule has 2 aromatic carbocycles. The summed E-state index contributed by atoms with van der Waals surface area (Å²) in [5.41, 5.74) is 4.42. The zero-order chi connectivity index (χ0) is 41.7. The second-order valence-corrected chi connectivity index (χ2v) is 16.8. The number of aromatic nitrogens is 1. The summed E-state index contributed by atoms with van der Waals surface area (Å²) in [6, 6.07) is 17.0. The van der Waals surface area contributed by atoms with Crippen LogP contribution in [-0.2, 0) is 20.9 Å². The fourth-order valence-corrected chi connectivity index (χ4v) is 9.14. The number of rotatable bonds is 18. The Morgan fingerprint density at radius 2 is 1.65 bits per heavy atom. The van der Waals surface area contributed by atoms with Crippen molar-refractivity contribution in [2.75, 3.05) is 45.9 Å². The summed E-state index contributed by atoms with van der Waals surface area (Å²) in [4.78, 5) is 72.7. The molecule has 12 heteroatoms. The maximum Gasteiger partial charge on any atom is 0.255 e. The van der Waals surface area contributed by atoms with E-state index in [1.807, 2.05) is 41.3 Å². The summed E-state index contributed by atoms with van der Waals surface area (Å²) in [7, 11) is 0. The van der Waals surface area contributed by atoms with Crippen LogP contribution in [0.3, 0.4) is 0 Å². The number of piperidine rings is 3. The number of pyridine rings is 1. The second kappa shape index (κ2) is 21.2. The monoisotopic (exact) mass is 816 g/mol. The molecule has 0 spiro atoms. The van der Waals surface area contributed by atoms with Crippen molar-refractivity contribution in [1.29, 1.82) is 0 Å². The zero-order valence-corrected chi connectivity index (χ0v) is 34.8. The van der Waals surface area contributed by atoms with Crippen LogP contribution in [0.15, 0.2) is 73.1 Å². The Bertz CT molecular complexity index is 1970. The van der Waals surface area contributed by atoms with E-state index in [2.05, 4.69) is 32.7 Å². The molecule has 5 amide bonds. The molecule has 0 aliphatic carbocycles. The van der Waals surface area contributed by atoms with Crippen molar-refractivity contribution in [3.05, 3.63) is 101 Å². The van der Waals surface area contributed by atoms with Gasteiger partial charge in [-0.3, -0.25) is 34.3 Å². The largest absolute Gasteiger partial charge is 0.493 e. The maximum atomic E-state index is 13.4. The van der Waals surface area contributed by atoms with E-state index in [0.717, 1.165) is 120 Å². The number of hydrogen-bond donors (Lipinski definition) is 2. The molecule has 1 unspecified atom stereocenters. The molecule has 4 aliphatic rings. The maximum absolute atomic E-state index is 13.4. The number of nitrogens with zero attached hydrogens (tertiary/aromatic N) is 4. The SMILES string of the molecule is O=C(/C=C/c1cccnc1)NCCCCC1CCN(C(=O)c2ccc(C3CCN(CCCCCCOc4cccc5c4CN(C4CCC(=O)NC4=O)C5=O)CC3)cc2)CC1. The average molecular weight is 817 g/mol. The second-order valence-electron chi connectivity index (χ2n) is 16.8. The Labute approximate surface area is 354 Å². The fraction of sp³-hybridized carbons (Fsp3) is 0.500. The van der Waals surface area contributed by atoms with Gasteiger partial charge in [-0.25, -0.2) is 0 Å². The molecule has 1 atom stereocenters. The van der Waals surface area contributed by atoms with Crippen molar-refractivity contribution in [3.63, 3.8) is 0 Å². The van der Waals surface area contributed by atoms with E-state index in [1.165, 1.54) is 5.56 Å². The number of benzene rings is 2. The van der Waals surface area contributed by atoms with Gasteiger partial charge in [0.2, 0.25) is 17.7 Å². The molecule has 7 rings (SSSR count). The molecule has 3 fully saturated rings. The highest BCUT2D eigenvalue weighted by atomic mass is 16.5. The lowest BCUT2D eigenvalue weighted by Crippen LogP contribution is -2.52. The van der Waals surface area contributed by atoms with Crippen LogP contribution in [0, 0.1) is 5.92 Å². The van der Waals surface area contributed by atoms with Gasteiger partial charge in [-0.1, -0.05) is 49.9 Å². The molecule has 2 N–H and O–H groups in total. The van der Waals surface area contributed by atoms with E-state index in [0.29, 0.717) is 49.3 Å². The minimum absolute atomic E-state index is 0.0809. The Balaban J connectivity index is 0.723. The van der Waals surface area contributed by atoms with Crippen LogP contribution in [0.2, 0.25) is 0 Å². The lowest BCUT2D eigenvalue weighted by atomic mass is 9.88. The first kappa shape index (κ1) is 42.8. The standard InChI is InChI=1S/C48H60N6O6/c55-44(19-13-36-10-8-25-49-33-36)50-26-4-3-9-35-21-30-53(31-22-35)47(58)39-16-14-37(15-17-39)38-23-28-52(29-24-38)27-5-1-2-6-32-60-43-12-7-11-40-41(43)34-54(48(40)59)42-18-20-45(56)51-46(42)57/h7-8,10-17,19,25,33,35,38,42H,1-6,9,18,20-24,26-32,34H2,(H,50,55)(H,51,56,57)/b19-13+. The first-order valence-electron chi connectivity index (χ1n) is 22.2. The number of ether oxygens (including phenoxy) is 1. The van der Waals surface area contributed by atoms with Gasteiger partial charge in [0.25, 0.3) is 11.8 Å². The van der Waals surface area contributed by atoms with E-state index < -0.39 is 11.9 Å². The van der Waals surface area contributed by atoms with Gasteiger partial charge in [0.1, 0.15) is 11.8 Å². The van der Waals surface area contributed by atoms with Crippen molar-refractivity contribution < 1.29 is 28.7 Å². The minimum atomic E-state index is -0.629. The van der Waals surface area contributed by atoms with Gasteiger partial charge < -0.3 is 24.8 Å². The van der Waals surface area contributed by atoms with Crippen molar-refractivity contribution in [2.24, 2.45) is 5.92 Å². The van der Waals surface area contributed by atoms with Gasteiger partial charge in [0.15, 0.2) is 0 Å². The Hall–Kier alpha value is -5.36. The van der Waals surface area contributed by atoms with Crippen LogP contribution in [-0.4, -0.2) is 101 Å². The van der Waals surface area contributed by atoms with Crippen LogP contribution in [0.25, 0.3) is 6.08 Å². The summed E-state index contributed by atoms with van der Waals surface area (Å²) in [5, 5.41) is 5.32.